The minimum Gasteiger partial charge on any atom is -0.456 e. The maximum Gasteiger partial charge on any atom is 0.306 e. The van der Waals surface area contributed by atoms with Gasteiger partial charge in [-0.05, 0) is 23.6 Å². The van der Waals surface area contributed by atoms with Gasteiger partial charge in [-0.15, -0.1) is 11.3 Å². The first-order valence-corrected chi connectivity index (χ1v) is 8.68. The van der Waals surface area contributed by atoms with E-state index in [4.69, 9.17) is 20.9 Å². The lowest BCUT2D eigenvalue weighted by molar-refractivity contribution is -0.145. The second-order valence-corrected chi connectivity index (χ2v) is 6.47. The van der Waals surface area contributed by atoms with Gasteiger partial charge in [0.25, 0.3) is 5.89 Å². The molecule has 0 aliphatic heterocycles. The van der Waals surface area contributed by atoms with E-state index in [1.165, 1.54) is 11.3 Å². The fourth-order valence-electron chi connectivity index (χ4n) is 2.05. The lowest BCUT2D eigenvalue weighted by Crippen LogP contribution is -2.07. The Balaban J connectivity index is 1.49. The summed E-state index contributed by atoms with van der Waals surface area (Å²) in [6, 6.07) is 10.5. The number of carbonyl (C=O) groups is 2. The maximum atomic E-state index is 11.8. The van der Waals surface area contributed by atoms with E-state index in [0.717, 1.165) is 0 Å². The van der Waals surface area contributed by atoms with Gasteiger partial charge < -0.3 is 9.26 Å². The first-order chi connectivity index (χ1) is 12.1. The molecule has 1 aromatic carbocycles. The molecule has 0 aliphatic rings. The predicted molar refractivity (Wildman–Crippen MR) is 92.4 cm³/mol. The van der Waals surface area contributed by atoms with Gasteiger partial charge in [-0.25, -0.2) is 0 Å². The number of rotatable bonds is 7. The zero-order valence-corrected chi connectivity index (χ0v) is 14.5. The Hall–Kier alpha value is -2.51. The lowest BCUT2D eigenvalue weighted by Gasteiger charge is -2.01. The van der Waals surface area contributed by atoms with E-state index in [9.17, 15) is 9.59 Å². The minimum absolute atomic E-state index is 0.00597. The molecule has 0 saturated carbocycles. The fourth-order valence-corrected chi connectivity index (χ4v) is 2.93. The number of ketones is 1. The summed E-state index contributed by atoms with van der Waals surface area (Å²) in [5, 5.41) is 6.20. The summed E-state index contributed by atoms with van der Waals surface area (Å²) in [6.45, 7) is -0.139. The number of Topliss-reactive ketones (excluding diaryl/α,β-unsaturated/α-hetero) is 1. The van der Waals surface area contributed by atoms with Crippen LogP contribution in [-0.2, 0) is 16.1 Å². The van der Waals surface area contributed by atoms with Gasteiger partial charge in [-0.2, -0.15) is 4.98 Å². The third-order valence-electron chi connectivity index (χ3n) is 3.26. The lowest BCUT2D eigenvalue weighted by atomic mass is 10.2. The van der Waals surface area contributed by atoms with Gasteiger partial charge in [0.05, 0.1) is 11.3 Å². The van der Waals surface area contributed by atoms with Crippen LogP contribution in [0.5, 0.6) is 0 Å². The van der Waals surface area contributed by atoms with Crippen molar-refractivity contribution in [2.24, 2.45) is 0 Å². The third-order valence-corrected chi connectivity index (χ3v) is 4.41. The number of ether oxygens (including phenoxy) is 1. The SMILES string of the molecule is O=C(CCC(=O)c1cccs1)OCc1nc(-c2cccc(Cl)c2)no1. The second-order valence-electron chi connectivity index (χ2n) is 5.08. The van der Waals surface area contributed by atoms with Gasteiger partial charge in [0.2, 0.25) is 5.82 Å². The quantitative estimate of drug-likeness (QED) is 0.455. The molecule has 0 fully saturated rings. The molecule has 0 bridgehead atoms. The van der Waals surface area contributed by atoms with Crippen molar-refractivity contribution in [1.29, 1.82) is 0 Å². The van der Waals surface area contributed by atoms with Crippen LogP contribution in [0.25, 0.3) is 11.4 Å². The Morgan fingerprint density at radius 1 is 1.20 bits per heavy atom. The van der Waals surface area contributed by atoms with Gasteiger partial charge in [0.15, 0.2) is 12.4 Å². The summed E-state index contributed by atoms with van der Waals surface area (Å²) in [7, 11) is 0. The molecule has 0 radical (unpaired) electrons. The first kappa shape index (κ1) is 17.3. The number of aromatic nitrogens is 2. The predicted octanol–water partition coefficient (Wildman–Crippen LogP) is 4.16. The standard InChI is InChI=1S/C17H13ClN2O4S/c18-12-4-1-3-11(9-12)17-19-15(24-20-17)10-23-16(22)7-6-13(21)14-5-2-8-25-14/h1-5,8-9H,6-7,10H2. The number of esters is 1. The molecule has 0 aliphatic carbocycles. The topological polar surface area (TPSA) is 82.3 Å². The van der Waals surface area contributed by atoms with Crippen molar-refractivity contribution in [3.8, 4) is 11.4 Å². The molecule has 3 aromatic rings. The molecule has 0 saturated heterocycles. The van der Waals surface area contributed by atoms with Gasteiger partial charge >= 0.3 is 5.97 Å². The smallest absolute Gasteiger partial charge is 0.306 e. The third kappa shape index (κ3) is 4.74. The number of carbonyl (C=O) groups excluding carboxylic acids is 2. The van der Waals surface area contributed by atoms with E-state index >= 15 is 0 Å². The Labute approximate surface area is 152 Å². The molecule has 0 unspecified atom stereocenters. The van der Waals surface area contributed by atoms with Crippen molar-refractivity contribution in [2.45, 2.75) is 19.4 Å². The van der Waals surface area contributed by atoms with Gasteiger partial charge in [0, 0.05) is 17.0 Å². The van der Waals surface area contributed by atoms with Crippen LogP contribution >= 0.6 is 22.9 Å². The molecule has 0 N–H and O–H groups in total. The molecule has 0 amide bonds. The van der Waals surface area contributed by atoms with Gasteiger partial charge in [0.1, 0.15) is 0 Å². The highest BCUT2D eigenvalue weighted by Gasteiger charge is 2.14. The van der Waals surface area contributed by atoms with Crippen LogP contribution in [0.15, 0.2) is 46.3 Å². The number of thiophene rings is 1. The number of halogens is 1. The Kier molecular flexibility index (Phi) is 5.57. The molecule has 0 spiro atoms. The highest BCUT2D eigenvalue weighted by Crippen LogP contribution is 2.20. The molecular weight excluding hydrogens is 364 g/mol. The highest BCUT2D eigenvalue weighted by molar-refractivity contribution is 7.12. The van der Waals surface area contributed by atoms with Crippen LogP contribution in [-0.4, -0.2) is 21.9 Å². The summed E-state index contributed by atoms with van der Waals surface area (Å²) in [5.41, 5.74) is 0.704. The fraction of sp³-hybridized carbons (Fsp3) is 0.176. The highest BCUT2D eigenvalue weighted by atomic mass is 35.5. The maximum absolute atomic E-state index is 11.8. The van der Waals surface area contributed by atoms with Gasteiger partial charge in [-0.3, -0.25) is 9.59 Å². The molecule has 6 nitrogen and oxygen atoms in total. The van der Waals surface area contributed by atoms with Crippen LogP contribution in [0.1, 0.15) is 28.4 Å². The van der Waals surface area contributed by atoms with Crippen LogP contribution < -0.4 is 0 Å². The van der Waals surface area contributed by atoms with E-state index in [1.54, 1.807) is 36.4 Å². The van der Waals surface area contributed by atoms with E-state index in [-0.39, 0.29) is 31.1 Å². The van der Waals surface area contributed by atoms with Crippen LogP contribution in [0.4, 0.5) is 0 Å². The largest absolute Gasteiger partial charge is 0.456 e. The molecular formula is C17H13ClN2O4S. The normalized spacial score (nSPS) is 10.6. The average Bonchev–Trinajstić information content (AvgIpc) is 3.29. The molecule has 0 atom stereocenters. The minimum atomic E-state index is -0.493. The van der Waals surface area contributed by atoms with Crippen LogP contribution in [0.3, 0.4) is 0 Å². The zero-order chi connectivity index (χ0) is 17.6. The molecule has 2 aromatic heterocycles. The Bertz CT molecular complexity index is 876. The van der Waals surface area contributed by atoms with Gasteiger partial charge in [-0.1, -0.05) is 35.0 Å². The summed E-state index contributed by atoms with van der Waals surface area (Å²) >= 11 is 7.27. The molecule has 8 heteroatoms. The summed E-state index contributed by atoms with van der Waals surface area (Å²) in [4.78, 5) is 28.3. The van der Waals surface area contributed by atoms with Crippen molar-refractivity contribution in [3.05, 3.63) is 57.6 Å². The summed E-state index contributed by atoms with van der Waals surface area (Å²) < 4.78 is 10.1. The molecule has 2 heterocycles. The number of benzene rings is 1. The molecule has 3 rings (SSSR count). The van der Waals surface area contributed by atoms with Crippen molar-refractivity contribution in [1.82, 2.24) is 10.1 Å². The summed E-state index contributed by atoms with van der Waals surface area (Å²) in [5.74, 6) is -0.0327. The van der Waals surface area contributed by atoms with E-state index in [2.05, 4.69) is 10.1 Å². The van der Waals surface area contributed by atoms with E-state index in [0.29, 0.717) is 21.3 Å². The summed E-state index contributed by atoms with van der Waals surface area (Å²) in [6.07, 6.45) is 0.114. The van der Waals surface area contributed by atoms with Crippen molar-refractivity contribution < 1.29 is 18.8 Å². The first-order valence-electron chi connectivity index (χ1n) is 7.42. The average molecular weight is 377 g/mol. The Morgan fingerprint density at radius 3 is 2.84 bits per heavy atom. The number of hydrogen-bond acceptors (Lipinski definition) is 7. The van der Waals surface area contributed by atoms with E-state index in [1.807, 2.05) is 5.38 Å². The van der Waals surface area contributed by atoms with Crippen LogP contribution in [0, 0.1) is 0 Å². The van der Waals surface area contributed by atoms with Crippen molar-refractivity contribution >= 4 is 34.7 Å². The number of hydrogen-bond donors (Lipinski definition) is 0. The Morgan fingerprint density at radius 2 is 2.08 bits per heavy atom. The molecule has 25 heavy (non-hydrogen) atoms. The van der Waals surface area contributed by atoms with Crippen LogP contribution in [0.2, 0.25) is 5.02 Å². The molecule has 128 valence electrons. The van der Waals surface area contributed by atoms with Crippen molar-refractivity contribution in [2.75, 3.05) is 0 Å². The monoisotopic (exact) mass is 376 g/mol. The van der Waals surface area contributed by atoms with Crippen molar-refractivity contribution in [3.63, 3.8) is 0 Å². The van der Waals surface area contributed by atoms with E-state index < -0.39 is 5.97 Å². The number of nitrogens with zero attached hydrogens (tertiary/aromatic N) is 2. The zero-order valence-electron chi connectivity index (χ0n) is 13.0. The second kappa shape index (κ2) is 8.04.